The number of aromatic hydroxyl groups is 1. The van der Waals surface area contributed by atoms with Gasteiger partial charge in [-0.3, -0.25) is 4.79 Å². The molecule has 0 saturated carbocycles. The van der Waals surface area contributed by atoms with Crippen LogP contribution in [0.25, 0.3) is 0 Å². The highest BCUT2D eigenvalue weighted by atomic mass is 16.5. The molecule has 0 aliphatic heterocycles. The zero-order valence-corrected chi connectivity index (χ0v) is 15.4. The Bertz CT molecular complexity index is 1000. The van der Waals surface area contributed by atoms with Gasteiger partial charge in [-0.2, -0.15) is 0 Å². The molecule has 0 aliphatic rings. The molecule has 0 aliphatic carbocycles. The van der Waals surface area contributed by atoms with Gasteiger partial charge in [0.05, 0.1) is 12.8 Å². The number of carboxylic acids is 1. The summed E-state index contributed by atoms with van der Waals surface area (Å²) in [7, 11) is 4.74. The third-order valence-electron chi connectivity index (χ3n) is 3.66. The number of nitrogens with one attached hydrogen (secondary N) is 1. The van der Waals surface area contributed by atoms with Crippen molar-refractivity contribution < 1.29 is 29.3 Å². The van der Waals surface area contributed by atoms with E-state index >= 15 is 0 Å². The highest BCUT2D eigenvalue weighted by Crippen LogP contribution is 2.28. The van der Waals surface area contributed by atoms with Crippen LogP contribution in [0.3, 0.4) is 0 Å². The first-order valence-corrected chi connectivity index (χ1v) is 8.02. The summed E-state index contributed by atoms with van der Waals surface area (Å²) < 4.78 is 4.66. The number of carbonyl (C=O) groups is 3. The lowest BCUT2D eigenvalue weighted by atomic mass is 10.1. The summed E-state index contributed by atoms with van der Waals surface area (Å²) >= 11 is 0. The van der Waals surface area contributed by atoms with Crippen LogP contribution in [0, 0.1) is 11.8 Å². The van der Waals surface area contributed by atoms with Gasteiger partial charge in [-0.25, -0.2) is 9.59 Å². The van der Waals surface area contributed by atoms with Crippen molar-refractivity contribution in [3.8, 4) is 17.6 Å². The van der Waals surface area contributed by atoms with Crippen molar-refractivity contribution >= 4 is 29.2 Å². The number of phenols is 1. The van der Waals surface area contributed by atoms with Crippen LogP contribution in [0.2, 0.25) is 0 Å². The van der Waals surface area contributed by atoms with Gasteiger partial charge in [-0.15, -0.1) is 0 Å². The predicted molar refractivity (Wildman–Crippen MR) is 102 cm³/mol. The third kappa shape index (κ3) is 4.80. The highest BCUT2D eigenvalue weighted by molar-refractivity contribution is 6.36. The Morgan fingerprint density at radius 2 is 1.82 bits per heavy atom. The molecule has 0 heterocycles. The SMILES string of the molecule is COC(=O)c1cc(C#Cc2cccc(NC(=O)C(=O)O)c2)c(N(C)C)cc1O. The van der Waals surface area contributed by atoms with Crippen molar-refractivity contribution in [2.24, 2.45) is 0 Å². The fourth-order valence-corrected chi connectivity index (χ4v) is 2.32. The fourth-order valence-electron chi connectivity index (χ4n) is 2.32. The number of phenolic OH excluding ortho intramolecular Hbond substituents is 1. The van der Waals surface area contributed by atoms with Crippen LogP contribution in [0.4, 0.5) is 11.4 Å². The number of nitrogens with zero attached hydrogens (tertiary/aromatic N) is 1. The Labute approximate surface area is 161 Å². The van der Waals surface area contributed by atoms with Crippen molar-refractivity contribution in [2.75, 3.05) is 31.4 Å². The van der Waals surface area contributed by atoms with Crippen LogP contribution >= 0.6 is 0 Å². The van der Waals surface area contributed by atoms with E-state index in [2.05, 4.69) is 21.9 Å². The summed E-state index contributed by atoms with van der Waals surface area (Å²) in [4.78, 5) is 35.4. The number of carbonyl (C=O) groups excluding carboxylic acids is 2. The van der Waals surface area contributed by atoms with Gasteiger partial charge >= 0.3 is 17.8 Å². The van der Waals surface area contributed by atoms with Gasteiger partial charge in [0.2, 0.25) is 0 Å². The van der Waals surface area contributed by atoms with Gasteiger partial charge in [0, 0.05) is 37.0 Å². The van der Waals surface area contributed by atoms with Crippen LogP contribution in [0.15, 0.2) is 36.4 Å². The second-order valence-corrected chi connectivity index (χ2v) is 5.86. The van der Waals surface area contributed by atoms with E-state index in [1.165, 1.54) is 31.4 Å². The summed E-state index contributed by atoms with van der Waals surface area (Å²) in [5, 5.41) is 21.0. The molecular weight excluding hydrogens is 364 g/mol. The summed E-state index contributed by atoms with van der Waals surface area (Å²) in [6.07, 6.45) is 0. The molecular formula is C20H18N2O6. The number of hydrogen-bond acceptors (Lipinski definition) is 6. The standard InChI is InChI=1S/C20H18N2O6/c1-22(2)16-11-17(23)15(20(27)28-3)10-13(16)8-7-12-5-4-6-14(9-12)21-18(24)19(25)26/h4-6,9-11,23H,1-3H3,(H,21,24)(H,25,26). The molecule has 0 atom stereocenters. The van der Waals surface area contributed by atoms with Gasteiger partial charge in [0.25, 0.3) is 0 Å². The number of methoxy groups -OCH3 is 1. The molecule has 0 bridgehead atoms. The maximum atomic E-state index is 11.8. The van der Waals surface area contributed by atoms with E-state index in [4.69, 9.17) is 5.11 Å². The van der Waals surface area contributed by atoms with Crippen LogP contribution in [-0.4, -0.2) is 49.3 Å². The molecule has 0 aromatic heterocycles. The van der Waals surface area contributed by atoms with Crippen LogP contribution in [0.1, 0.15) is 21.5 Å². The Morgan fingerprint density at radius 3 is 2.43 bits per heavy atom. The average Bonchev–Trinajstić information content (AvgIpc) is 2.66. The number of carboxylic acid groups (broad SMARTS) is 1. The molecule has 0 unspecified atom stereocenters. The predicted octanol–water partition coefficient (Wildman–Crippen LogP) is 1.67. The molecule has 0 radical (unpaired) electrons. The smallest absolute Gasteiger partial charge is 0.394 e. The molecule has 2 rings (SSSR count). The number of aliphatic carboxylic acids is 1. The minimum absolute atomic E-state index is 0.0140. The second kappa shape index (κ2) is 8.60. The molecule has 3 N–H and O–H groups in total. The minimum Gasteiger partial charge on any atom is -0.507 e. The summed E-state index contributed by atoms with van der Waals surface area (Å²) in [5.74, 6) is 2.16. The van der Waals surface area contributed by atoms with Gasteiger partial charge < -0.3 is 25.2 Å². The number of amides is 1. The number of rotatable bonds is 3. The van der Waals surface area contributed by atoms with Crippen LogP contribution in [-0.2, 0) is 14.3 Å². The Morgan fingerprint density at radius 1 is 1.11 bits per heavy atom. The zero-order valence-electron chi connectivity index (χ0n) is 15.4. The lowest BCUT2D eigenvalue weighted by molar-refractivity contribution is -0.147. The van der Waals surface area contributed by atoms with E-state index in [9.17, 15) is 19.5 Å². The molecule has 8 heteroatoms. The van der Waals surface area contributed by atoms with Gasteiger partial charge in [-0.05, 0) is 24.3 Å². The number of benzene rings is 2. The van der Waals surface area contributed by atoms with E-state index in [1.54, 1.807) is 31.1 Å². The lowest BCUT2D eigenvalue weighted by Crippen LogP contribution is -2.21. The van der Waals surface area contributed by atoms with Crippen molar-refractivity contribution in [2.45, 2.75) is 0 Å². The Hall–Kier alpha value is -3.99. The number of ether oxygens (including phenoxy) is 1. The van der Waals surface area contributed by atoms with E-state index in [0.717, 1.165) is 0 Å². The van der Waals surface area contributed by atoms with Crippen molar-refractivity contribution in [1.29, 1.82) is 0 Å². The van der Waals surface area contributed by atoms with E-state index in [1.807, 2.05) is 0 Å². The Balaban J connectivity index is 2.43. The fraction of sp³-hybridized carbons (Fsp3) is 0.150. The highest BCUT2D eigenvalue weighted by Gasteiger charge is 2.16. The number of esters is 1. The third-order valence-corrected chi connectivity index (χ3v) is 3.66. The van der Waals surface area contributed by atoms with Gasteiger partial charge in [0.1, 0.15) is 11.3 Å². The van der Waals surface area contributed by atoms with E-state index in [0.29, 0.717) is 16.8 Å². The molecule has 0 fully saturated rings. The minimum atomic E-state index is -1.59. The molecule has 8 nitrogen and oxygen atoms in total. The summed E-state index contributed by atoms with van der Waals surface area (Å²) in [6.45, 7) is 0. The summed E-state index contributed by atoms with van der Waals surface area (Å²) in [6, 6.07) is 9.20. The normalized spacial score (nSPS) is 9.68. The quantitative estimate of drug-likeness (QED) is 0.420. The first-order chi connectivity index (χ1) is 13.2. The largest absolute Gasteiger partial charge is 0.507 e. The van der Waals surface area contributed by atoms with E-state index < -0.39 is 17.8 Å². The summed E-state index contributed by atoms with van der Waals surface area (Å²) in [5.41, 5.74) is 1.85. The first kappa shape index (κ1) is 20.3. The van der Waals surface area contributed by atoms with Gasteiger partial charge in [-0.1, -0.05) is 17.9 Å². The van der Waals surface area contributed by atoms with Crippen molar-refractivity contribution in [3.63, 3.8) is 0 Å². The number of hydrogen-bond donors (Lipinski definition) is 3. The lowest BCUT2D eigenvalue weighted by Gasteiger charge is -2.16. The second-order valence-electron chi connectivity index (χ2n) is 5.86. The first-order valence-electron chi connectivity index (χ1n) is 8.02. The molecule has 144 valence electrons. The van der Waals surface area contributed by atoms with Crippen LogP contribution < -0.4 is 10.2 Å². The molecule has 28 heavy (non-hydrogen) atoms. The van der Waals surface area contributed by atoms with E-state index in [-0.39, 0.29) is 17.0 Å². The molecule has 2 aromatic rings. The number of anilines is 2. The average molecular weight is 382 g/mol. The molecule has 0 spiro atoms. The van der Waals surface area contributed by atoms with Crippen molar-refractivity contribution in [3.05, 3.63) is 53.1 Å². The topological polar surface area (TPSA) is 116 Å². The molecule has 2 aromatic carbocycles. The van der Waals surface area contributed by atoms with Crippen LogP contribution in [0.5, 0.6) is 5.75 Å². The Kier molecular flexibility index (Phi) is 6.24. The van der Waals surface area contributed by atoms with Crippen molar-refractivity contribution in [1.82, 2.24) is 0 Å². The molecule has 1 amide bonds. The maximum absolute atomic E-state index is 11.8. The molecule has 0 saturated heterocycles. The maximum Gasteiger partial charge on any atom is 0.394 e. The van der Waals surface area contributed by atoms with Gasteiger partial charge in [0.15, 0.2) is 0 Å². The zero-order chi connectivity index (χ0) is 20.8. The monoisotopic (exact) mass is 382 g/mol.